The maximum atomic E-state index is 11.7. The molecule has 112 valence electrons. The van der Waals surface area contributed by atoms with Gasteiger partial charge in [0, 0.05) is 32.3 Å². The summed E-state index contributed by atoms with van der Waals surface area (Å²) in [5.41, 5.74) is -0.590. The average Bonchev–Trinajstić information content (AvgIpc) is 2.11. The molecule has 0 spiro atoms. The molecule has 1 N–H and O–H groups in total. The quantitative estimate of drug-likeness (QED) is 0.832. The zero-order chi connectivity index (χ0) is 14.7. The SMILES string of the molecule is CCOC(C)(C)CNC1CN(C(=O)OC(C)(C)C)C1. The van der Waals surface area contributed by atoms with Gasteiger partial charge in [-0.05, 0) is 41.5 Å². The van der Waals surface area contributed by atoms with Crippen molar-refractivity contribution in [2.45, 2.75) is 58.8 Å². The molecule has 1 heterocycles. The Morgan fingerprint density at radius 1 is 1.26 bits per heavy atom. The number of carbonyl (C=O) groups is 1. The van der Waals surface area contributed by atoms with E-state index in [1.807, 2.05) is 27.7 Å². The maximum Gasteiger partial charge on any atom is 0.410 e. The molecule has 0 unspecified atom stereocenters. The second-order valence-corrected chi connectivity index (χ2v) is 6.66. The van der Waals surface area contributed by atoms with E-state index in [1.54, 1.807) is 4.90 Å². The molecule has 1 aliphatic rings. The predicted octanol–water partition coefficient (Wildman–Crippen LogP) is 2.01. The molecule has 1 fully saturated rings. The van der Waals surface area contributed by atoms with Crippen LogP contribution in [0, 0.1) is 0 Å². The first-order valence-corrected chi connectivity index (χ1v) is 6.98. The zero-order valence-electron chi connectivity index (χ0n) is 13.1. The number of nitrogens with zero attached hydrogens (tertiary/aromatic N) is 1. The summed E-state index contributed by atoms with van der Waals surface area (Å²) >= 11 is 0. The standard InChI is InChI=1S/C14H28N2O3/c1-7-18-14(5,6)10-15-11-8-16(9-11)12(17)19-13(2,3)4/h11,15H,7-10H2,1-6H3. The molecule has 0 atom stereocenters. The topological polar surface area (TPSA) is 50.8 Å². The summed E-state index contributed by atoms with van der Waals surface area (Å²) < 4.78 is 10.9. The number of rotatable bonds is 5. The van der Waals surface area contributed by atoms with Crippen LogP contribution in [0.2, 0.25) is 0 Å². The van der Waals surface area contributed by atoms with E-state index in [2.05, 4.69) is 19.2 Å². The first kappa shape index (κ1) is 16.2. The van der Waals surface area contributed by atoms with E-state index in [4.69, 9.17) is 9.47 Å². The Morgan fingerprint density at radius 3 is 2.32 bits per heavy atom. The highest BCUT2D eigenvalue weighted by Crippen LogP contribution is 2.16. The molecule has 0 aromatic carbocycles. The molecule has 1 aliphatic heterocycles. The van der Waals surface area contributed by atoms with Gasteiger partial charge in [-0.25, -0.2) is 4.79 Å². The van der Waals surface area contributed by atoms with Gasteiger partial charge >= 0.3 is 6.09 Å². The van der Waals surface area contributed by atoms with Crippen molar-refractivity contribution in [2.75, 3.05) is 26.2 Å². The maximum absolute atomic E-state index is 11.7. The predicted molar refractivity (Wildman–Crippen MR) is 75.3 cm³/mol. The fourth-order valence-corrected chi connectivity index (χ4v) is 1.92. The molecule has 0 bridgehead atoms. The Kier molecular flexibility index (Phi) is 5.21. The number of hydrogen-bond donors (Lipinski definition) is 1. The largest absolute Gasteiger partial charge is 0.444 e. The minimum Gasteiger partial charge on any atom is -0.444 e. The number of hydrogen-bond acceptors (Lipinski definition) is 4. The second kappa shape index (κ2) is 6.09. The number of nitrogens with one attached hydrogen (secondary N) is 1. The number of likely N-dealkylation sites (tertiary alicyclic amines) is 1. The Labute approximate surface area is 116 Å². The van der Waals surface area contributed by atoms with Crippen molar-refractivity contribution in [3.05, 3.63) is 0 Å². The van der Waals surface area contributed by atoms with Crippen LogP contribution in [0.15, 0.2) is 0 Å². The first-order chi connectivity index (χ1) is 8.63. The van der Waals surface area contributed by atoms with Crippen LogP contribution in [-0.2, 0) is 9.47 Å². The Hall–Kier alpha value is -0.810. The molecule has 0 aromatic rings. The minimum atomic E-state index is -0.424. The molecule has 0 aromatic heterocycles. The van der Waals surface area contributed by atoms with Crippen molar-refractivity contribution < 1.29 is 14.3 Å². The van der Waals surface area contributed by atoms with Gasteiger partial charge in [0.1, 0.15) is 5.60 Å². The van der Waals surface area contributed by atoms with Crippen LogP contribution in [0.5, 0.6) is 0 Å². The van der Waals surface area contributed by atoms with E-state index < -0.39 is 5.60 Å². The van der Waals surface area contributed by atoms with Gasteiger partial charge in [0.05, 0.1) is 5.60 Å². The van der Waals surface area contributed by atoms with E-state index in [0.29, 0.717) is 25.7 Å². The first-order valence-electron chi connectivity index (χ1n) is 6.98. The summed E-state index contributed by atoms with van der Waals surface area (Å²) in [6.45, 7) is 14.7. The molecule has 19 heavy (non-hydrogen) atoms. The van der Waals surface area contributed by atoms with Crippen molar-refractivity contribution in [3.63, 3.8) is 0 Å². The van der Waals surface area contributed by atoms with Gasteiger partial charge in [0.25, 0.3) is 0 Å². The smallest absolute Gasteiger partial charge is 0.410 e. The van der Waals surface area contributed by atoms with E-state index in [-0.39, 0.29) is 11.7 Å². The third-order valence-electron chi connectivity index (χ3n) is 2.88. The third-order valence-corrected chi connectivity index (χ3v) is 2.88. The lowest BCUT2D eigenvalue weighted by Crippen LogP contribution is -2.62. The highest BCUT2D eigenvalue weighted by molar-refractivity contribution is 5.69. The van der Waals surface area contributed by atoms with Gasteiger partial charge < -0.3 is 19.7 Å². The highest BCUT2D eigenvalue weighted by atomic mass is 16.6. The average molecular weight is 272 g/mol. The monoisotopic (exact) mass is 272 g/mol. The molecule has 0 radical (unpaired) electrons. The summed E-state index contributed by atoms with van der Waals surface area (Å²) in [5.74, 6) is 0. The summed E-state index contributed by atoms with van der Waals surface area (Å²) in [6, 6.07) is 0.340. The third kappa shape index (κ3) is 5.78. The molecular formula is C14H28N2O3. The lowest BCUT2D eigenvalue weighted by Gasteiger charge is -2.41. The van der Waals surface area contributed by atoms with Crippen molar-refractivity contribution in [2.24, 2.45) is 0 Å². The van der Waals surface area contributed by atoms with Gasteiger partial charge in [-0.2, -0.15) is 0 Å². The molecule has 1 rings (SSSR count). The molecule has 1 saturated heterocycles. The number of amides is 1. The van der Waals surface area contributed by atoms with Crippen LogP contribution in [0.3, 0.4) is 0 Å². The van der Waals surface area contributed by atoms with Gasteiger partial charge in [0.15, 0.2) is 0 Å². The Balaban J connectivity index is 2.22. The molecule has 1 amide bonds. The van der Waals surface area contributed by atoms with Gasteiger partial charge in [-0.1, -0.05) is 0 Å². The summed E-state index contributed by atoms with van der Waals surface area (Å²) in [7, 11) is 0. The van der Waals surface area contributed by atoms with Crippen LogP contribution in [0.4, 0.5) is 4.79 Å². The van der Waals surface area contributed by atoms with E-state index in [1.165, 1.54) is 0 Å². The second-order valence-electron chi connectivity index (χ2n) is 6.66. The van der Waals surface area contributed by atoms with Crippen LogP contribution in [-0.4, -0.2) is 54.5 Å². The molecule has 0 aliphatic carbocycles. The lowest BCUT2D eigenvalue weighted by molar-refractivity contribution is -0.0202. The fourth-order valence-electron chi connectivity index (χ4n) is 1.92. The van der Waals surface area contributed by atoms with Crippen molar-refractivity contribution >= 4 is 6.09 Å². The number of ether oxygens (including phenoxy) is 2. The van der Waals surface area contributed by atoms with Crippen LogP contribution in [0.25, 0.3) is 0 Å². The number of carbonyl (C=O) groups excluding carboxylic acids is 1. The van der Waals surface area contributed by atoms with E-state index in [9.17, 15) is 4.79 Å². The van der Waals surface area contributed by atoms with Crippen molar-refractivity contribution in [3.8, 4) is 0 Å². The summed E-state index contributed by atoms with van der Waals surface area (Å²) in [6.07, 6.45) is -0.227. The Bertz CT molecular complexity index is 304. The van der Waals surface area contributed by atoms with E-state index in [0.717, 1.165) is 6.54 Å². The summed E-state index contributed by atoms with van der Waals surface area (Å²) in [4.78, 5) is 13.5. The Morgan fingerprint density at radius 2 is 1.84 bits per heavy atom. The van der Waals surface area contributed by atoms with Gasteiger partial charge in [-0.15, -0.1) is 0 Å². The highest BCUT2D eigenvalue weighted by Gasteiger charge is 2.34. The minimum absolute atomic E-state index is 0.166. The molecule has 0 saturated carbocycles. The lowest BCUT2D eigenvalue weighted by atomic mass is 10.1. The van der Waals surface area contributed by atoms with Crippen LogP contribution >= 0.6 is 0 Å². The van der Waals surface area contributed by atoms with E-state index >= 15 is 0 Å². The van der Waals surface area contributed by atoms with Crippen molar-refractivity contribution in [1.29, 1.82) is 0 Å². The van der Waals surface area contributed by atoms with Gasteiger partial charge in [0.2, 0.25) is 0 Å². The van der Waals surface area contributed by atoms with Crippen LogP contribution in [0.1, 0.15) is 41.5 Å². The van der Waals surface area contributed by atoms with Gasteiger partial charge in [-0.3, -0.25) is 0 Å². The van der Waals surface area contributed by atoms with Crippen molar-refractivity contribution in [1.82, 2.24) is 10.2 Å². The summed E-state index contributed by atoms with van der Waals surface area (Å²) in [5, 5.41) is 3.42. The molecule has 5 nitrogen and oxygen atoms in total. The molecule has 5 heteroatoms. The van der Waals surface area contributed by atoms with Crippen LogP contribution < -0.4 is 5.32 Å². The fraction of sp³-hybridized carbons (Fsp3) is 0.929. The molecular weight excluding hydrogens is 244 g/mol. The normalized spacial score (nSPS) is 17.3. The zero-order valence-corrected chi connectivity index (χ0v) is 13.1.